The van der Waals surface area contributed by atoms with Gasteiger partial charge in [-0.25, -0.2) is 8.78 Å². The minimum atomic E-state index is -0.562. The lowest BCUT2D eigenvalue weighted by molar-refractivity contribution is 0.580. The molecule has 20 heavy (non-hydrogen) atoms. The molecule has 6 heteroatoms. The summed E-state index contributed by atoms with van der Waals surface area (Å²) >= 11 is 0. The maximum atomic E-state index is 13.1. The number of nitrogens with zero attached hydrogens (tertiary/aromatic N) is 2. The smallest absolute Gasteiger partial charge is 0.147 e. The highest BCUT2D eigenvalue weighted by Gasteiger charge is 2.11. The van der Waals surface area contributed by atoms with Crippen molar-refractivity contribution in [1.29, 1.82) is 0 Å². The first-order valence-corrected chi connectivity index (χ1v) is 6.51. The minimum absolute atomic E-state index is 0.501. The lowest BCUT2D eigenvalue weighted by atomic mass is 10.1. The largest absolute Gasteiger partial charge is 0.394 e. The molecule has 2 aromatic rings. The van der Waals surface area contributed by atoms with Crippen LogP contribution in [0.15, 0.2) is 18.2 Å². The van der Waals surface area contributed by atoms with Crippen molar-refractivity contribution < 1.29 is 8.78 Å². The zero-order chi connectivity index (χ0) is 14.7. The molecule has 4 nitrogen and oxygen atoms in total. The lowest BCUT2D eigenvalue weighted by Crippen LogP contribution is -2.10. The summed E-state index contributed by atoms with van der Waals surface area (Å²) in [6.45, 7) is 2.51. The van der Waals surface area contributed by atoms with Crippen LogP contribution in [0.2, 0.25) is 0 Å². The second kappa shape index (κ2) is 5.90. The van der Waals surface area contributed by atoms with Crippen molar-refractivity contribution in [3.63, 3.8) is 0 Å². The van der Waals surface area contributed by atoms with Gasteiger partial charge in [0, 0.05) is 19.7 Å². The first-order valence-electron chi connectivity index (χ1n) is 6.51. The molecule has 1 heterocycles. The van der Waals surface area contributed by atoms with Crippen LogP contribution in [0.3, 0.4) is 0 Å². The lowest BCUT2D eigenvalue weighted by Gasteiger charge is -2.08. The normalized spacial score (nSPS) is 10.8. The molecule has 0 atom stereocenters. The predicted octanol–water partition coefficient (Wildman–Crippen LogP) is 2.50. The summed E-state index contributed by atoms with van der Waals surface area (Å²) < 4.78 is 27.8. The molecule has 0 aliphatic carbocycles. The minimum Gasteiger partial charge on any atom is -0.394 e. The first kappa shape index (κ1) is 14.3. The zero-order valence-electron chi connectivity index (χ0n) is 11.6. The number of nitrogens with two attached hydrogens (primary N) is 1. The molecule has 0 saturated heterocycles. The van der Waals surface area contributed by atoms with Gasteiger partial charge in [-0.3, -0.25) is 4.68 Å². The molecule has 0 aliphatic rings. The van der Waals surface area contributed by atoms with Crippen molar-refractivity contribution in [2.45, 2.75) is 19.8 Å². The summed E-state index contributed by atoms with van der Waals surface area (Å²) in [5.74, 6) is -0.389. The Hall–Kier alpha value is -2.11. The molecule has 0 aliphatic heterocycles. The number of aromatic nitrogens is 2. The molecule has 2 rings (SSSR count). The van der Waals surface area contributed by atoms with Crippen LogP contribution >= 0.6 is 0 Å². The van der Waals surface area contributed by atoms with Crippen LogP contribution < -0.4 is 11.1 Å². The predicted molar refractivity (Wildman–Crippen MR) is 75.6 cm³/mol. The number of aryl methyl sites for hydroxylation is 2. The van der Waals surface area contributed by atoms with Gasteiger partial charge >= 0.3 is 0 Å². The van der Waals surface area contributed by atoms with Gasteiger partial charge < -0.3 is 11.1 Å². The Kier molecular flexibility index (Phi) is 4.22. The highest BCUT2D eigenvalue weighted by Crippen LogP contribution is 2.22. The third-order valence-electron chi connectivity index (χ3n) is 3.12. The Labute approximate surface area is 116 Å². The average Bonchev–Trinajstić information content (AvgIpc) is 2.64. The number of halogens is 2. The van der Waals surface area contributed by atoms with Crippen molar-refractivity contribution in [2.75, 3.05) is 17.6 Å². The third-order valence-corrected chi connectivity index (χ3v) is 3.12. The summed E-state index contributed by atoms with van der Waals surface area (Å²) in [7, 11) is 1.81. The topological polar surface area (TPSA) is 55.9 Å². The molecule has 0 fully saturated rings. The molecule has 0 amide bonds. The zero-order valence-corrected chi connectivity index (χ0v) is 11.6. The van der Waals surface area contributed by atoms with E-state index in [9.17, 15) is 8.78 Å². The van der Waals surface area contributed by atoms with Crippen LogP contribution in [0.25, 0.3) is 0 Å². The van der Waals surface area contributed by atoms with Crippen LogP contribution in [0.5, 0.6) is 0 Å². The standard InChI is InChI=1S/C14H18F2N4/c1-3-12-13(17)14(20(2)19-12)18-5-4-9-6-10(15)8-11(16)7-9/h6-8,18H,3-5,17H2,1-2H3. The summed E-state index contributed by atoms with van der Waals surface area (Å²) in [5.41, 5.74) is 8.04. The van der Waals surface area contributed by atoms with Crippen LogP contribution in [0.4, 0.5) is 20.3 Å². The second-order valence-corrected chi connectivity index (χ2v) is 4.64. The molecule has 0 saturated carbocycles. The van der Waals surface area contributed by atoms with Gasteiger partial charge in [0.05, 0.1) is 11.4 Å². The van der Waals surface area contributed by atoms with E-state index in [-0.39, 0.29) is 0 Å². The summed E-state index contributed by atoms with van der Waals surface area (Å²) in [4.78, 5) is 0. The molecule has 108 valence electrons. The number of hydrogen-bond acceptors (Lipinski definition) is 3. The number of rotatable bonds is 5. The fourth-order valence-corrected chi connectivity index (χ4v) is 2.15. The van der Waals surface area contributed by atoms with E-state index < -0.39 is 11.6 Å². The van der Waals surface area contributed by atoms with Gasteiger partial charge in [0.1, 0.15) is 17.5 Å². The quantitative estimate of drug-likeness (QED) is 0.884. The summed E-state index contributed by atoms with van der Waals surface area (Å²) in [6.07, 6.45) is 1.26. The van der Waals surface area contributed by atoms with Crippen LogP contribution in [-0.4, -0.2) is 16.3 Å². The maximum Gasteiger partial charge on any atom is 0.147 e. The summed E-state index contributed by atoms with van der Waals surface area (Å²) in [6, 6.07) is 3.52. The molecular weight excluding hydrogens is 262 g/mol. The van der Waals surface area contributed by atoms with Gasteiger partial charge in [0.25, 0.3) is 0 Å². The van der Waals surface area contributed by atoms with E-state index in [1.165, 1.54) is 12.1 Å². The van der Waals surface area contributed by atoms with Crippen molar-refractivity contribution >= 4 is 11.5 Å². The molecule has 0 unspecified atom stereocenters. The number of hydrogen-bond donors (Lipinski definition) is 2. The van der Waals surface area contributed by atoms with Crippen molar-refractivity contribution in [2.24, 2.45) is 7.05 Å². The highest BCUT2D eigenvalue weighted by molar-refractivity contribution is 5.65. The Morgan fingerprint density at radius 1 is 1.25 bits per heavy atom. The second-order valence-electron chi connectivity index (χ2n) is 4.64. The van der Waals surface area contributed by atoms with E-state index in [0.717, 1.165) is 24.0 Å². The van der Waals surface area contributed by atoms with Crippen LogP contribution in [0, 0.1) is 11.6 Å². The first-order chi connectivity index (χ1) is 9.51. The van der Waals surface area contributed by atoms with Crippen LogP contribution in [-0.2, 0) is 19.9 Å². The molecule has 0 bridgehead atoms. The number of nitrogens with one attached hydrogen (secondary N) is 1. The van der Waals surface area contributed by atoms with Crippen molar-refractivity contribution in [1.82, 2.24) is 9.78 Å². The molecule has 3 N–H and O–H groups in total. The van der Waals surface area contributed by atoms with Gasteiger partial charge in [-0.15, -0.1) is 0 Å². The molecule has 0 spiro atoms. The van der Waals surface area contributed by atoms with E-state index in [2.05, 4.69) is 10.4 Å². The molecule has 1 aromatic heterocycles. The van der Waals surface area contributed by atoms with E-state index >= 15 is 0 Å². The Morgan fingerprint density at radius 2 is 1.90 bits per heavy atom. The van der Waals surface area contributed by atoms with Crippen LogP contribution in [0.1, 0.15) is 18.2 Å². The van der Waals surface area contributed by atoms with Crippen molar-refractivity contribution in [3.8, 4) is 0 Å². The van der Waals surface area contributed by atoms with Gasteiger partial charge in [-0.2, -0.15) is 5.10 Å². The van der Waals surface area contributed by atoms with Gasteiger partial charge in [0.2, 0.25) is 0 Å². The number of anilines is 2. The molecule has 0 radical (unpaired) electrons. The Morgan fingerprint density at radius 3 is 2.45 bits per heavy atom. The Bertz CT molecular complexity index is 587. The Balaban J connectivity index is 2.01. The molecular formula is C14H18F2N4. The fraction of sp³-hybridized carbons (Fsp3) is 0.357. The van der Waals surface area contributed by atoms with Gasteiger partial charge in [-0.1, -0.05) is 6.92 Å². The maximum absolute atomic E-state index is 13.1. The SMILES string of the molecule is CCc1nn(C)c(NCCc2cc(F)cc(F)c2)c1N. The number of nitrogen functional groups attached to an aromatic ring is 1. The van der Waals surface area contributed by atoms with E-state index in [1.54, 1.807) is 11.7 Å². The van der Waals surface area contributed by atoms with E-state index in [0.29, 0.717) is 24.2 Å². The molecule has 1 aromatic carbocycles. The van der Waals surface area contributed by atoms with E-state index in [4.69, 9.17) is 5.73 Å². The highest BCUT2D eigenvalue weighted by atomic mass is 19.1. The fourth-order valence-electron chi connectivity index (χ4n) is 2.15. The van der Waals surface area contributed by atoms with Gasteiger partial charge in [0.15, 0.2) is 0 Å². The third kappa shape index (κ3) is 3.07. The monoisotopic (exact) mass is 280 g/mol. The van der Waals surface area contributed by atoms with E-state index in [1.807, 2.05) is 6.92 Å². The number of benzene rings is 1. The summed E-state index contributed by atoms with van der Waals surface area (Å²) in [5, 5.41) is 7.45. The van der Waals surface area contributed by atoms with Gasteiger partial charge in [-0.05, 0) is 30.5 Å². The van der Waals surface area contributed by atoms with Crippen molar-refractivity contribution in [3.05, 3.63) is 41.1 Å². The average molecular weight is 280 g/mol.